The summed E-state index contributed by atoms with van der Waals surface area (Å²) in [4.78, 5) is 108. The van der Waals surface area contributed by atoms with Gasteiger partial charge in [0.25, 0.3) is 17.7 Å². The van der Waals surface area contributed by atoms with Gasteiger partial charge in [0, 0.05) is 112 Å². The number of allylic oxidation sites excluding steroid dienone is 4. The van der Waals surface area contributed by atoms with E-state index in [1.54, 1.807) is 68.1 Å². The Morgan fingerprint density at radius 2 is 1.29 bits per heavy atom. The van der Waals surface area contributed by atoms with E-state index in [0.717, 1.165) is 54.0 Å². The number of rotatable bonds is 23. The van der Waals surface area contributed by atoms with Gasteiger partial charge in [0.2, 0.25) is 17.7 Å². The molecule has 0 unspecified atom stereocenters. The van der Waals surface area contributed by atoms with Crippen LogP contribution in [0.15, 0.2) is 119 Å². The Kier molecular flexibility index (Phi) is 18.7. The van der Waals surface area contributed by atoms with Crippen molar-refractivity contribution in [2.24, 2.45) is 21.8 Å². The molecule has 1 saturated heterocycles. The monoisotopic (exact) mass is 1170 g/mol. The van der Waals surface area contributed by atoms with Crippen LogP contribution in [0.1, 0.15) is 97.6 Å². The summed E-state index contributed by atoms with van der Waals surface area (Å²) in [6.45, 7) is 10.0. The summed E-state index contributed by atoms with van der Waals surface area (Å²) in [6, 6.07) is 20.7. The van der Waals surface area contributed by atoms with Gasteiger partial charge < -0.3 is 49.6 Å². The fourth-order valence-electron chi connectivity index (χ4n) is 11.2. The Balaban J connectivity index is 0.685. The number of ketones is 1. The fourth-order valence-corrected chi connectivity index (χ4v) is 11.2. The quantitative estimate of drug-likeness (QED) is 0.0470. The van der Waals surface area contributed by atoms with Crippen molar-refractivity contribution in [3.05, 3.63) is 131 Å². The van der Waals surface area contributed by atoms with Gasteiger partial charge in [0.15, 0.2) is 28.8 Å². The molecule has 10 rings (SSSR count). The lowest BCUT2D eigenvalue weighted by Gasteiger charge is -2.34. The van der Waals surface area contributed by atoms with E-state index in [0.29, 0.717) is 89.7 Å². The molecule has 3 N–H and O–H groups in total. The largest absolute Gasteiger partial charge is 0.493 e. The lowest BCUT2D eigenvalue weighted by molar-refractivity contribution is -0.137. The van der Waals surface area contributed by atoms with Crippen molar-refractivity contribution < 1.29 is 52.5 Å². The van der Waals surface area contributed by atoms with Gasteiger partial charge in [0.1, 0.15) is 12.1 Å². The highest BCUT2D eigenvalue weighted by Crippen LogP contribution is 2.43. The number of unbranched alkanes of at least 4 members (excludes halogenated alkanes) is 2. The van der Waals surface area contributed by atoms with Crippen LogP contribution in [0, 0.1) is 11.8 Å². The molecule has 0 radical (unpaired) electrons. The Bertz CT molecular complexity index is 3470. The van der Waals surface area contributed by atoms with Gasteiger partial charge in [-0.25, -0.2) is 0 Å². The van der Waals surface area contributed by atoms with Gasteiger partial charge in [-0.05, 0) is 109 Å². The number of carbonyl (C=O) groups is 7. The average Bonchev–Trinajstić information content (AvgIpc) is 2.36. The molecule has 6 amide bonds. The number of ether oxygens (including phenoxy) is 4. The molecule has 1 fully saturated rings. The van der Waals surface area contributed by atoms with Crippen LogP contribution >= 0.6 is 0 Å². The molecule has 0 saturated carbocycles. The predicted molar refractivity (Wildman–Crippen MR) is 329 cm³/mol. The predicted octanol–water partition coefficient (Wildman–Crippen LogP) is 8.27. The highest BCUT2D eigenvalue weighted by Gasteiger charge is 2.35. The van der Waals surface area contributed by atoms with Crippen LogP contribution in [0.2, 0.25) is 0 Å². The summed E-state index contributed by atoms with van der Waals surface area (Å²) in [7, 11) is 5.21. The van der Waals surface area contributed by atoms with E-state index >= 15 is 0 Å². The van der Waals surface area contributed by atoms with Crippen molar-refractivity contribution in [2.75, 3.05) is 77.4 Å². The molecule has 1 aliphatic carbocycles. The average molecular weight is 1170 g/mol. The van der Waals surface area contributed by atoms with Gasteiger partial charge in [-0.2, -0.15) is 0 Å². The molecule has 20 heteroatoms. The first kappa shape index (κ1) is 60.0. The Hall–Kier alpha value is -9.17. The smallest absolute Gasteiger partial charge is 0.260 e. The molecule has 0 spiro atoms. The summed E-state index contributed by atoms with van der Waals surface area (Å²) >= 11 is 0. The summed E-state index contributed by atoms with van der Waals surface area (Å²) in [6.07, 6.45) is 15.3. The first-order valence-electron chi connectivity index (χ1n) is 29.4. The molecule has 20 nitrogen and oxygen atoms in total. The SMILES string of the molecule is COc1cc2c(cc1OCCCOc1cc3c(cc1OC)C(=O)N1C=C(c4ccc(N5CCN(C)CC5)cc4)C[C@H]1C=N3)N=C[C@@H]1CC(c3ccc(NC(=O)[C@H](C)NC(=O)[C@@H](NC(=O)CCCCCN4C(=O)C=CC4=O)C(C)C)cc3)=C/C1=C/C2=O. The van der Waals surface area contributed by atoms with Crippen molar-refractivity contribution in [3.8, 4) is 23.0 Å². The Morgan fingerprint density at radius 3 is 1.95 bits per heavy atom. The zero-order valence-electron chi connectivity index (χ0n) is 49.4. The molecule has 5 aliphatic heterocycles. The van der Waals surface area contributed by atoms with Crippen molar-refractivity contribution in [3.63, 3.8) is 0 Å². The molecule has 4 atom stereocenters. The van der Waals surface area contributed by atoms with E-state index in [1.807, 2.05) is 36.8 Å². The third-order valence-electron chi connectivity index (χ3n) is 16.3. The van der Waals surface area contributed by atoms with Gasteiger partial charge in [-0.3, -0.25) is 48.4 Å². The second-order valence-electron chi connectivity index (χ2n) is 22.7. The molecule has 4 aromatic carbocycles. The third kappa shape index (κ3) is 13.8. The number of fused-ring (bicyclic) bond motifs is 4. The number of aliphatic imine (C=N–C) groups is 2. The van der Waals surface area contributed by atoms with Crippen LogP contribution in [0.4, 0.5) is 22.7 Å². The van der Waals surface area contributed by atoms with Crippen molar-refractivity contribution in [1.82, 2.24) is 25.3 Å². The van der Waals surface area contributed by atoms with Gasteiger partial charge in [-0.1, -0.05) is 50.6 Å². The minimum absolute atomic E-state index is 0.161. The first-order valence-corrected chi connectivity index (χ1v) is 29.4. The lowest BCUT2D eigenvalue weighted by atomic mass is 9.96. The van der Waals surface area contributed by atoms with Gasteiger partial charge in [0.05, 0.1) is 56.0 Å². The molecule has 0 bridgehead atoms. The van der Waals surface area contributed by atoms with Crippen LogP contribution in [0.3, 0.4) is 0 Å². The normalized spacial score (nSPS) is 19.2. The zero-order chi connectivity index (χ0) is 60.6. The summed E-state index contributed by atoms with van der Waals surface area (Å²) in [5, 5.41) is 8.38. The lowest BCUT2D eigenvalue weighted by Crippen LogP contribution is -2.53. The number of benzene rings is 4. The summed E-state index contributed by atoms with van der Waals surface area (Å²) < 4.78 is 23.9. The maximum absolute atomic E-state index is 14.1. The molecular weight excluding hydrogens is 1090 g/mol. The number of nitrogens with one attached hydrogen (secondary N) is 3. The first-order chi connectivity index (χ1) is 41.5. The topological polar surface area (TPSA) is 230 Å². The van der Waals surface area contributed by atoms with E-state index in [9.17, 15) is 33.6 Å². The number of carbonyl (C=O) groups excluding carboxylic acids is 7. The minimum atomic E-state index is -0.919. The van der Waals surface area contributed by atoms with Crippen LogP contribution in [-0.2, 0) is 24.0 Å². The van der Waals surface area contributed by atoms with Crippen LogP contribution in [-0.4, -0.2) is 154 Å². The second kappa shape index (κ2) is 26.8. The Labute approximate surface area is 500 Å². The number of methoxy groups -OCH3 is 2. The van der Waals surface area contributed by atoms with Crippen LogP contribution in [0.25, 0.3) is 11.1 Å². The number of hydrogen-bond donors (Lipinski definition) is 3. The molecule has 5 heterocycles. The fraction of sp³-hybridized carbons (Fsp3) is 0.379. The maximum Gasteiger partial charge on any atom is 0.260 e. The molecule has 0 aromatic heterocycles. The number of imide groups is 1. The van der Waals surface area contributed by atoms with E-state index < -0.39 is 23.9 Å². The summed E-state index contributed by atoms with van der Waals surface area (Å²) in [5.74, 6) is -1.07. The van der Waals surface area contributed by atoms with E-state index in [-0.39, 0.29) is 73.5 Å². The second-order valence-corrected chi connectivity index (χ2v) is 22.7. The standard InChI is InChI=1S/C66H73N9O11/c1-40(2)63(71-60(77)11-8-7-9-22-74-61(78)20-21-62(74)79)65(81)69-41(3)64(80)70-48-16-12-42(13-17-48)44-29-45-32-55(76)51-33-56(83-5)58(35-53(51)67-37-46(45)30-44)85-27-10-28-86-59-36-54-52(34-57(59)84-6)66(82)75-39-47(31-50(75)38-68-54)43-14-18-49(19-15-43)73-25-23-72(4)24-26-73/h12-21,29,32-41,46,50,63H,7-11,22-28,30-31H2,1-6H3,(H,69,81)(H,70,80)(H,71,77)/b45-32-,67-37?/t41-,46-,50-,63-/m0/s1. The summed E-state index contributed by atoms with van der Waals surface area (Å²) in [5.41, 5.74) is 8.32. The highest BCUT2D eigenvalue weighted by atomic mass is 16.5. The maximum atomic E-state index is 14.1. The molecule has 448 valence electrons. The van der Waals surface area contributed by atoms with Crippen molar-refractivity contribution in [2.45, 2.75) is 83.8 Å². The zero-order valence-corrected chi connectivity index (χ0v) is 49.4. The Morgan fingerprint density at radius 1 is 0.663 bits per heavy atom. The molecular formula is C66H73N9O11. The van der Waals surface area contributed by atoms with Crippen molar-refractivity contribution in [1.29, 1.82) is 0 Å². The van der Waals surface area contributed by atoms with E-state index in [4.69, 9.17) is 28.9 Å². The number of amides is 6. The molecule has 86 heavy (non-hydrogen) atoms. The van der Waals surface area contributed by atoms with Crippen LogP contribution in [0.5, 0.6) is 23.0 Å². The minimum Gasteiger partial charge on any atom is -0.493 e. The molecule has 6 aliphatic rings. The molecule has 4 aromatic rings. The van der Waals surface area contributed by atoms with Crippen molar-refractivity contribution >= 4 is 87.6 Å². The third-order valence-corrected chi connectivity index (χ3v) is 16.3. The number of likely N-dealkylation sites (N-methyl/N-ethyl adjacent to an activating group) is 1. The van der Waals surface area contributed by atoms with Gasteiger partial charge in [-0.15, -0.1) is 0 Å². The van der Waals surface area contributed by atoms with E-state index in [2.05, 4.69) is 57.1 Å². The number of hydrogen-bond acceptors (Lipinski definition) is 15. The number of anilines is 2. The number of nitrogens with zero attached hydrogens (tertiary/aromatic N) is 6. The number of piperazine rings is 1. The van der Waals surface area contributed by atoms with E-state index in [1.165, 1.54) is 37.0 Å². The van der Waals surface area contributed by atoms with Gasteiger partial charge >= 0.3 is 0 Å². The van der Waals surface area contributed by atoms with Crippen LogP contribution < -0.4 is 39.8 Å². The highest BCUT2D eigenvalue weighted by molar-refractivity contribution is 6.13.